The summed E-state index contributed by atoms with van der Waals surface area (Å²) in [6.07, 6.45) is 0. The first-order valence-corrected chi connectivity index (χ1v) is 3.75. The summed E-state index contributed by atoms with van der Waals surface area (Å²) < 4.78 is 13.4. The van der Waals surface area contributed by atoms with Gasteiger partial charge < -0.3 is 11.1 Å². The maximum absolute atomic E-state index is 11.8. The van der Waals surface area contributed by atoms with E-state index < -0.39 is 6.67 Å². The Morgan fingerprint density at radius 2 is 2.33 bits per heavy atom. The quantitative estimate of drug-likeness (QED) is 0.705. The molecule has 1 heterocycles. The molecule has 1 aromatic heterocycles. The molecule has 4 nitrogen and oxygen atoms in total. The molecule has 0 spiro atoms. The van der Waals surface area contributed by atoms with Crippen molar-refractivity contribution < 1.29 is 4.39 Å². The summed E-state index contributed by atoms with van der Waals surface area (Å²) in [6.45, 7) is 1.67. The number of hydrogen-bond acceptors (Lipinski definition) is 3. The van der Waals surface area contributed by atoms with E-state index in [1.807, 2.05) is 6.92 Å². The van der Waals surface area contributed by atoms with Crippen molar-refractivity contribution in [1.29, 1.82) is 0 Å². The van der Waals surface area contributed by atoms with E-state index in [1.54, 1.807) is 11.7 Å². The summed E-state index contributed by atoms with van der Waals surface area (Å²) in [4.78, 5) is 0. The van der Waals surface area contributed by atoms with Crippen LogP contribution in [0, 0.1) is 6.92 Å². The van der Waals surface area contributed by atoms with Gasteiger partial charge in [0.25, 0.3) is 0 Å². The SMILES string of the molecule is Cc1nn(C)c(NCCF)c1N. The molecule has 0 radical (unpaired) electrons. The van der Waals surface area contributed by atoms with Gasteiger partial charge in [0.15, 0.2) is 0 Å². The number of nitrogens with one attached hydrogen (secondary N) is 1. The molecule has 0 aromatic carbocycles. The fourth-order valence-corrected chi connectivity index (χ4v) is 1.05. The van der Waals surface area contributed by atoms with Crippen LogP contribution in [0.4, 0.5) is 15.9 Å². The van der Waals surface area contributed by atoms with Crippen LogP contribution in [0.3, 0.4) is 0 Å². The third-order valence-corrected chi connectivity index (χ3v) is 1.66. The van der Waals surface area contributed by atoms with Crippen LogP contribution in [0.2, 0.25) is 0 Å². The Bertz CT molecular complexity index is 269. The molecular formula is C7H13FN4. The number of rotatable bonds is 3. The molecule has 0 aliphatic rings. The number of aromatic nitrogens is 2. The first kappa shape index (κ1) is 8.83. The first-order chi connectivity index (χ1) is 5.66. The molecule has 5 heteroatoms. The van der Waals surface area contributed by atoms with Gasteiger partial charge in [-0.25, -0.2) is 4.39 Å². The molecular weight excluding hydrogens is 159 g/mol. The lowest BCUT2D eigenvalue weighted by Gasteiger charge is -2.04. The largest absolute Gasteiger partial charge is 0.394 e. The van der Waals surface area contributed by atoms with Crippen LogP contribution in [-0.4, -0.2) is 23.0 Å². The van der Waals surface area contributed by atoms with Crippen LogP contribution in [0.5, 0.6) is 0 Å². The maximum Gasteiger partial charge on any atom is 0.147 e. The van der Waals surface area contributed by atoms with E-state index in [2.05, 4.69) is 10.4 Å². The summed E-state index contributed by atoms with van der Waals surface area (Å²) >= 11 is 0. The van der Waals surface area contributed by atoms with Gasteiger partial charge >= 0.3 is 0 Å². The number of hydrogen-bond donors (Lipinski definition) is 2. The average molecular weight is 172 g/mol. The Balaban J connectivity index is 2.82. The zero-order valence-electron chi connectivity index (χ0n) is 7.26. The third-order valence-electron chi connectivity index (χ3n) is 1.66. The minimum absolute atomic E-state index is 0.267. The van der Waals surface area contributed by atoms with Crippen molar-refractivity contribution in [3.63, 3.8) is 0 Å². The molecule has 0 amide bonds. The second-order valence-corrected chi connectivity index (χ2v) is 2.59. The molecule has 1 aromatic rings. The Labute approximate surface area is 70.6 Å². The van der Waals surface area contributed by atoms with E-state index in [4.69, 9.17) is 5.73 Å². The normalized spacial score (nSPS) is 10.2. The second kappa shape index (κ2) is 3.42. The van der Waals surface area contributed by atoms with Gasteiger partial charge in [0.2, 0.25) is 0 Å². The lowest BCUT2D eigenvalue weighted by molar-refractivity contribution is 0.511. The van der Waals surface area contributed by atoms with E-state index in [9.17, 15) is 4.39 Å². The number of nitrogens with zero attached hydrogens (tertiary/aromatic N) is 2. The highest BCUT2D eigenvalue weighted by Gasteiger charge is 2.07. The lowest BCUT2D eigenvalue weighted by Crippen LogP contribution is -2.08. The zero-order valence-corrected chi connectivity index (χ0v) is 7.26. The molecule has 0 saturated carbocycles. The average Bonchev–Trinajstić information content (AvgIpc) is 2.25. The van der Waals surface area contributed by atoms with Gasteiger partial charge in [-0.05, 0) is 6.92 Å². The molecule has 0 aliphatic heterocycles. The number of alkyl halides is 1. The number of nitrogen functional groups attached to an aromatic ring is 1. The van der Waals surface area contributed by atoms with Gasteiger partial charge in [0.1, 0.15) is 12.5 Å². The van der Waals surface area contributed by atoms with Crippen LogP contribution in [0.25, 0.3) is 0 Å². The Kier molecular flexibility index (Phi) is 2.52. The molecule has 0 atom stereocenters. The highest BCUT2D eigenvalue weighted by atomic mass is 19.1. The van der Waals surface area contributed by atoms with Gasteiger partial charge in [0, 0.05) is 13.6 Å². The van der Waals surface area contributed by atoms with E-state index >= 15 is 0 Å². The molecule has 1 rings (SSSR count). The minimum atomic E-state index is -0.413. The van der Waals surface area contributed by atoms with Gasteiger partial charge in [-0.2, -0.15) is 5.10 Å². The summed E-state index contributed by atoms with van der Waals surface area (Å²) in [5, 5.41) is 6.92. The highest BCUT2D eigenvalue weighted by Crippen LogP contribution is 2.20. The molecule has 0 bridgehead atoms. The fraction of sp³-hybridized carbons (Fsp3) is 0.571. The molecule has 0 fully saturated rings. The molecule has 68 valence electrons. The van der Waals surface area contributed by atoms with E-state index in [-0.39, 0.29) is 6.54 Å². The van der Waals surface area contributed by atoms with Crippen LogP contribution in [-0.2, 0) is 7.05 Å². The summed E-state index contributed by atoms with van der Waals surface area (Å²) in [6, 6.07) is 0. The van der Waals surface area contributed by atoms with E-state index in [1.165, 1.54) is 0 Å². The van der Waals surface area contributed by atoms with Gasteiger partial charge in [0.05, 0.1) is 11.4 Å². The van der Waals surface area contributed by atoms with Crippen molar-refractivity contribution in [3.8, 4) is 0 Å². The number of nitrogens with two attached hydrogens (primary N) is 1. The highest BCUT2D eigenvalue weighted by molar-refractivity contribution is 5.64. The lowest BCUT2D eigenvalue weighted by atomic mass is 10.4. The standard InChI is InChI=1S/C7H13FN4/c1-5-6(9)7(10-4-3-8)12(2)11-5/h10H,3-4,9H2,1-2H3. The second-order valence-electron chi connectivity index (χ2n) is 2.59. The summed E-state index contributed by atoms with van der Waals surface area (Å²) in [7, 11) is 1.77. The molecule has 3 N–H and O–H groups in total. The van der Waals surface area contributed by atoms with E-state index in [0.717, 1.165) is 5.69 Å². The van der Waals surface area contributed by atoms with Crippen molar-refractivity contribution in [2.45, 2.75) is 6.92 Å². The summed E-state index contributed by atoms with van der Waals surface area (Å²) in [5.41, 5.74) is 7.03. The van der Waals surface area contributed by atoms with Crippen LogP contribution < -0.4 is 11.1 Å². The maximum atomic E-state index is 11.8. The van der Waals surface area contributed by atoms with Gasteiger partial charge in [-0.1, -0.05) is 0 Å². The zero-order chi connectivity index (χ0) is 9.14. The first-order valence-electron chi connectivity index (χ1n) is 3.75. The van der Waals surface area contributed by atoms with Crippen molar-refractivity contribution >= 4 is 11.5 Å². The number of aryl methyl sites for hydroxylation is 2. The third kappa shape index (κ3) is 1.49. The minimum Gasteiger partial charge on any atom is -0.394 e. The monoisotopic (exact) mass is 172 g/mol. The molecule has 0 unspecified atom stereocenters. The number of halogens is 1. The Morgan fingerprint density at radius 1 is 1.67 bits per heavy atom. The Morgan fingerprint density at radius 3 is 2.75 bits per heavy atom. The fourth-order valence-electron chi connectivity index (χ4n) is 1.05. The van der Waals surface area contributed by atoms with Crippen LogP contribution in [0.1, 0.15) is 5.69 Å². The van der Waals surface area contributed by atoms with Crippen molar-refractivity contribution in [2.75, 3.05) is 24.3 Å². The Hall–Kier alpha value is -1.26. The van der Waals surface area contributed by atoms with Crippen LogP contribution in [0.15, 0.2) is 0 Å². The van der Waals surface area contributed by atoms with Gasteiger partial charge in [-0.15, -0.1) is 0 Å². The molecule has 0 saturated heterocycles. The topological polar surface area (TPSA) is 55.9 Å². The van der Waals surface area contributed by atoms with Crippen molar-refractivity contribution in [3.05, 3.63) is 5.69 Å². The van der Waals surface area contributed by atoms with Crippen molar-refractivity contribution in [1.82, 2.24) is 9.78 Å². The predicted molar refractivity (Wildman–Crippen MR) is 46.8 cm³/mol. The van der Waals surface area contributed by atoms with Gasteiger partial charge in [-0.3, -0.25) is 4.68 Å². The smallest absolute Gasteiger partial charge is 0.147 e. The van der Waals surface area contributed by atoms with Crippen molar-refractivity contribution in [2.24, 2.45) is 7.05 Å². The number of anilines is 2. The predicted octanol–water partition coefficient (Wildman–Crippen LogP) is 0.692. The molecule has 12 heavy (non-hydrogen) atoms. The van der Waals surface area contributed by atoms with E-state index in [0.29, 0.717) is 11.5 Å². The van der Waals surface area contributed by atoms with Crippen LogP contribution >= 0.6 is 0 Å². The molecule has 0 aliphatic carbocycles. The summed E-state index contributed by atoms with van der Waals surface area (Å²) in [5.74, 6) is 0.685.